The van der Waals surface area contributed by atoms with E-state index in [1.54, 1.807) is 0 Å². The van der Waals surface area contributed by atoms with E-state index >= 15 is 0 Å². The topological polar surface area (TPSA) is 15.3 Å². The van der Waals surface area contributed by atoms with Crippen molar-refractivity contribution in [3.05, 3.63) is 64.1 Å². The minimum absolute atomic E-state index is 0.718. The van der Waals surface area contributed by atoms with Crippen LogP contribution in [0.25, 0.3) is 0 Å². The normalized spacial score (nSPS) is 10.2. The van der Waals surface area contributed by atoms with Gasteiger partial charge in [-0.05, 0) is 42.4 Å². The molecule has 0 radical (unpaired) electrons. The first-order valence-electron chi connectivity index (χ1n) is 6.39. The van der Waals surface area contributed by atoms with E-state index < -0.39 is 0 Å². The molecule has 104 valence electrons. The van der Waals surface area contributed by atoms with Gasteiger partial charge in [-0.1, -0.05) is 52.3 Å². The smallest absolute Gasteiger partial charge is 0.173 e. The van der Waals surface area contributed by atoms with Crippen LogP contribution < -0.4 is 5.32 Å². The number of hydrogen-bond donors (Lipinski definition) is 1. The summed E-state index contributed by atoms with van der Waals surface area (Å²) in [4.78, 5) is 2.03. The van der Waals surface area contributed by atoms with Crippen molar-refractivity contribution in [2.75, 3.05) is 12.4 Å². The molecule has 0 saturated heterocycles. The van der Waals surface area contributed by atoms with Gasteiger partial charge < -0.3 is 10.2 Å². The first-order chi connectivity index (χ1) is 9.58. The highest BCUT2D eigenvalue weighted by Gasteiger charge is 2.08. The number of rotatable bonds is 3. The highest BCUT2D eigenvalue weighted by atomic mass is 79.9. The second kappa shape index (κ2) is 6.86. The van der Waals surface area contributed by atoms with Crippen LogP contribution in [-0.4, -0.2) is 17.1 Å². The van der Waals surface area contributed by atoms with Crippen LogP contribution in [0, 0.1) is 6.92 Å². The number of para-hydroxylation sites is 1. The van der Waals surface area contributed by atoms with E-state index in [2.05, 4.69) is 40.3 Å². The summed E-state index contributed by atoms with van der Waals surface area (Å²) < 4.78 is 1.10. The van der Waals surface area contributed by atoms with Gasteiger partial charge in [-0.2, -0.15) is 0 Å². The maximum absolute atomic E-state index is 5.46. The quantitative estimate of drug-likeness (QED) is 0.816. The van der Waals surface area contributed by atoms with E-state index in [1.807, 2.05) is 48.3 Å². The Kier molecular flexibility index (Phi) is 5.15. The first kappa shape index (κ1) is 15.0. The number of hydrogen-bond acceptors (Lipinski definition) is 1. The number of aryl methyl sites for hydroxylation is 1. The molecule has 0 aliphatic rings. The second-order valence-corrected chi connectivity index (χ2v) is 5.93. The van der Waals surface area contributed by atoms with Gasteiger partial charge in [0.1, 0.15) is 0 Å². The van der Waals surface area contributed by atoms with Crippen molar-refractivity contribution in [1.82, 2.24) is 4.90 Å². The number of halogens is 1. The minimum atomic E-state index is 0.718. The van der Waals surface area contributed by atoms with Crippen LogP contribution in [0.15, 0.2) is 53.0 Å². The van der Waals surface area contributed by atoms with Crippen LogP contribution >= 0.6 is 28.1 Å². The van der Waals surface area contributed by atoms with Gasteiger partial charge in [-0.25, -0.2) is 0 Å². The van der Waals surface area contributed by atoms with Crippen LogP contribution in [0.1, 0.15) is 11.1 Å². The summed E-state index contributed by atoms with van der Waals surface area (Å²) in [5.41, 5.74) is 3.45. The van der Waals surface area contributed by atoms with Crippen molar-refractivity contribution in [3.8, 4) is 0 Å². The second-order valence-electron chi connectivity index (χ2n) is 4.69. The lowest BCUT2D eigenvalue weighted by Gasteiger charge is -2.22. The van der Waals surface area contributed by atoms with Crippen molar-refractivity contribution in [3.63, 3.8) is 0 Å². The van der Waals surface area contributed by atoms with Crippen molar-refractivity contribution in [1.29, 1.82) is 0 Å². The fourth-order valence-corrected chi connectivity index (χ4v) is 2.46. The van der Waals surface area contributed by atoms with Crippen LogP contribution in [0.5, 0.6) is 0 Å². The first-order valence-corrected chi connectivity index (χ1v) is 7.59. The summed E-state index contributed by atoms with van der Waals surface area (Å²) in [6.07, 6.45) is 0. The van der Waals surface area contributed by atoms with Gasteiger partial charge in [0.2, 0.25) is 0 Å². The van der Waals surface area contributed by atoms with Gasteiger partial charge in [0, 0.05) is 23.8 Å². The molecule has 0 spiro atoms. The number of benzene rings is 2. The van der Waals surface area contributed by atoms with E-state index in [-0.39, 0.29) is 0 Å². The van der Waals surface area contributed by atoms with Crippen molar-refractivity contribution >= 4 is 38.9 Å². The number of nitrogens with zero attached hydrogens (tertiary/aromatic N) is 1. The fraction of sp³-hybridized carbons (Fsp3) is 0.188. The average molecular weight is 349 g/mol. The van der Waals surface area contributed by atoms with Crippen molar-refractivity contribution in [2.24, 2.45) is 0 Å². The molecular weight excluding hydrogens is 332 g/mol. The molecular formula is C16H17BrN2S. The monoisotopic (exact) mass is 348 g/mol. The zero-order valence-electron chi connectivity index (χ0n) is 11.6. The molecule has 2 aromatic carbocycles. The molecule has 0 amide bonds. The Bertz CT molecular complexity index is 613. The summed E-state index contributed by atoms with van der Waals surface area (Å²) in [5.74, 6) is 0. The molecule has 0 aliphatic heterocycles. The molecule has 0 aliphatic carbocycles. The van der Waals surface area contributed by atoms with Crippen LogP contribution in [0.3, 0.4) is 0 Å². The predicted octanol–water partition coefficient (Wildman–Crippen LogP) is 4.59. The van der Waals surface area contributed by atoms with E-state index in [4.69, 9.17) is 12.2 Å². The Morgan fingerprint density at radius 2 is 1.80 bits per heavy atom. The molecule has 2 rings (SSSR count). The molecule has 0 fully saturated rings. The molecule has 0 atom stereocenters. The zero-order chi connectivity index (χ0) is 14.5. The van der Waals surface area contributed by atoms with E-state index in [1.165, 1.54) is 11.1 Å². The molecule has 1 N–H and O–H groups in total. The summed E-state index contributed by atoms with van der Waals surface area (Å²) in [7, 11) is 1.99. The molecule has 2 nitrogen and oxygen atoms in total. The molecule has 4 heteroatoms. The molecule has 0 aromatic heterocycles. The van der Waals surface area contributed by atoms with Gasteiger partial charge in [0.15, 0.2) is 5.11 Å². The lowest BCUT2D eigenvalue weighted by molar-refractivity contribution is 0.507. The minimum Gasteiger partial charge on any atom is -0.348 e. The maximum atomic E-state index is 5.46. The third kappa shape index (κ3) is 3.81. The summed E-state index contributed by atoms with van der Waals surface area (Å²) >= 11 is 9.02. The van der Waals surface area contributed by atoms with Crippen LogP contribution in [0.4, 0.5) is 5.69 Å². The Hall–Kier alpha value is -1.39. The molecule has 0 saturated carbocycles. The van der Waals surface area contributed by atoms with Gasteiger partial charge in [-0.15, -0.1) is 0 Å². The van der Waals surface area contributed by atoms with Crippen molar-refractivity contribution in [2.45, 2.75) is 13.5 Å². The van der Waals surface area contributed by atoms with Crippen LogP contribution in [-0.2, 0) is 6.54 Å². The Labute approximate surface area is 133 Å². The molecule has 2 aromatic rings. The number of thiocarbonyl (C=S) groups is 1. The van der Waals surface area contributed by atoms with Gasteiger partial charge in [0.25, 0.3) is 0 Å². The third-order valence-corrected chi connectivity index (χ3v) is 4.29. The number of nitrogens with one attached hydrogen (secondary N) is 1. The third-order valence-electron chi connectivity index (χ3n) is 3.10. The maximum Gasteiger partial charge on any atom is 0.173 e. The summed E-state index contributed by atoms with van der Waals surface area (Å²) in [6, 6.07) is 16.3. The molecule has 0 bridgehead atoms. The SMILES string of the molecule is Cc1ccccc1NC(=S)N(C)Cc1ccccc1Br. The van der Waals surface area contributed by atoms with E-state index in [0.29, 0.717) is 0 Å². The van der Waals surface area contributed by atoms with E-state index in [0.717, 1.165) is 21.8 Å². The largest absolute Gasteiger partial charge is 0.348 e. The van der Waals surface area contributed by atoms with Gasteiger partial charge in [0.05, 0.1) is 0 Å². The standard InChI is InChI=1S/C16H17BrN2S/c1-12-7-3-6-10-15(12)18-16(20)19(2)11-13-8-4-5-9-14(13)17/h3-10H,11H2,1-2H3,(H,18,20). The number of anilines is 1. The highest BCUT2D eigenvalue weighted by molar-refractivity contribution is 9.10. The fourth-order valence-electron chi connectivity index (χ4n) is 1.88. The Morgan fingerprint density at radius 1 is 1.15 bits per heavy atom. The van der Waals surface area contributed by atoms with Crippen molar-refractivity contribution < 1.29 is 0 Å². The molecule has 0 heterocycles. The lowest BCUT2D eigenvalue weighted by Crippen LogP contribution is -2.30. The summed E-state index contributed by atoms with van der Waals surface area (Å²) in [6.45, 7) is 2.83. The zero-order valence-corrected chi connectivity index (χ0v) is 14.0. The Morgan fingerprint density at radius 3 is 2.50 bits per heavy atom. The lowest BCUT2D eigenvalue weighted by atomic mass is 10.2. The van der Waals surface area contributed by atoms with E-state index in [9.17, 15) is 0 Å². The highest BCUT2D eigenvalue weighted by Crippen LogP contribution is 2.18. The Balaban J connectivity index is 2.03. The summed E-state index contributed by atoms with van der Waals surface area (Å²) in [5, 5.41) is 4.01. The van der Waals surface area contributed by atoms with Gasteiger partial charge in [-0.3, -0.25) is 0 Å². The van der Waals surface area contributed by atoms with Gasteiger partial charge >= 0.3 is 0 Å². The molecule has 20 heavy (non-hydrogen) atoms. The predicted molar refractivity (Wildman–Crippen MR) is 93.0 cm³/mol. The van der Waals surface area contributed by atoms with Crippen LogP contribution in [0.2, 0.25) is 0 Å². The average Bonchev–Trinajstić information content (AvgIpc) is 2.43. The molecule has 0 unspecified atom stereocenters.